The largest absolute Gasteiger partial charge is 0.381 e. The van der Waals surface area contributed by atoms with Crippen molar-refractivity contribution in [3.05, 3.63) is 18.0 Å². The van der Waals surface area contributed by atoms with Gasteiger partial charge in [-0.15, -0.1) is 0 Å². The smallest absolute Gasteiger partial charge is 0.242 e. The van der Waals surface area contributed by atoms with E-state index < -0.39 is 10.0 Å². The molecule has 120 valence electrons. The van der Waals surface area contributed by atoms with Gasteiger partial charge in [-0.1, -0.05) is 13.8 Å². The van der Waals surface area contributed by atoms with Crippen LogP contribution in [0.1, 0.15) is 32.4 Å². The Labute approximate surface area is 126 Å². The van der Waals surface area contributed by atoms with Gasteiger partial charge in [0.2, 0.25) is 10.0 Å². The third-order valence-corrected chi connectivity index (χ3v) is 5.12. The Bertz CT molecular complexity index is 560. The van der Waals surface area contributed by atoms with Crippen LogP contribution in [0.2, 0.25) is 0 Å². The molecule has 1 aromatic rings. The molecule has 1 fully saturated rings. The molecule has 2 heterocycles. The second kappa shape index (κ2) is 6.91. The van der Waals surface area contributed by atoms with Crippen molar-refractivity contribution in [2.75, 3.05) is 13.2 Å². The molecule has 1 saturated heterocycles. The molecule has 2 rings (SSSR count). The summed E-state index contributed by atoms with van der Waals surface area (Å²) in [4.78, 5) is 0.331. The molecule has 1 aliphatic heterocycles. The molecule has 0 spiro atoms. The van der Waals surface area contributed by atoms with Crippen molar-refractivity contribution in [2.24, 2.45) is 7.05 Å². The van der Waals surface area contributed by atoms with Crippen LogP contribution in [-0.2, 0) is 28.4 Å². The lowest BCUT2D eigenvalue weighted by Gasteiger charge is -2.22. The molecule has 0 aliphatic carbocycles. The summed E-state index contributed by atoms with van der Waals surface area (Å²) in [5.41, 5.74) is 0.955. The van der Waals surface area contributed by atoms with E-state index in [1.807, 2.05) is 11.6 Å². The van der Waals surface area contributed by atoms with Gasteiger partial charge < -0.3 is 14.6 Å². The SMILES string of the molecule is CC(C)NCc1cc(S(=O)(=O)NC2CCOCC2)cn1C. The van der Waals surface area contributed by atoms with Crippen LogP contribution in [0.25, 0.3) is 0 Å². The van der Waals surface area contributed by atoms with Gasteiger partial charge in [-0.2, -0.15) is 0 Å². The maximum absolute atomic E-state index is 12.4. The fourth-order valence-electron chi connectivity index (χ4n) is 2.31. The zero-order valence-corrected chi connectivity index (χ0v) is 13.7. The van der Waals surface area contributed by atoms with E-state index in [1.54, 1.807) is 12.3 Å². The number of nitrogens with zero attached hydrogens (tertiary/aromatic N) is 1. The van der Waals surface area contributed by atoms with Gasteiger partial charge in [0.05, 0.1) is 4.90 Å². The molecule has 0 unspecified atom stereocenters. The molecule has 0 amide bonds. The highest BCUT2D eigenvalue weighted by Crippen LogP contribution is 2.16. The third kappa shape index (κ3) is 4.54. The molecule has 0 bridgehead atoms. The van der Waals surface area contributed by atoms with Gasteiger partial charge in [0, 0.05) is 50.8 Å². The number of aryl methyl sites for hydroxylation is 1. The van der Waals surface area contributed by atoms with Gasteiger partial charge in [-0.3, -0.25) is 0 Å². The first-order valence-corrected chi connectivity index (χ1v) is 8.85. The van der Waals surface area contributed by atoms with Crippen molar-refractivity contribution >= 4 is 10.0 Å². The van der Waals surface area contributed by atoms with E-state index in [1.165, 1.54) is 0 Å². The molecule has 0 atom stereocenters. The zero-order chi connectivity index (χ0) is 15.5. The molecule has 1 aromatic heterocycles. The highest BCUT2D eigenvalue weighted by atomic mass is 32.2. The number of nitrogens with one attached hydrogen (secondary N) is 2. The maximum Gasteiger partial charge on any atom is 0.242 e. The number of rotatable bonds is 6. The van der Waals surface area contributed by atoms with Crippen molar-refractivity contribution in [1.82, 2.24) is 14.6 Å². The Balaban J connectivity index is 2.07. The van der Waals surface area contributed by atoms with E-state index in [0.717, 1.165) is 18.5 Å². The molecular formula is C14H25N3O3S. The summed E-state index contributed by atoms with van der Waals surface area (Å²) >= 11 is 0. The molecular weight excluding hydrogens is 290 g/mol. The van der Waals surface area contributed by atoms with Crippen LogP contribution < -0.4 is 10.0 Å². The minimum absolute atomic E-state index is 0.0267. The summed E-state index contributed by atoms with van der Waals surface area (Å²) in [7, 11) is -1.59. The van der Waals surface area contributed by atoms with Crippen LogP contribution in [0.5, 0.6) is 0 Å². The number of sulfonamides is 1. The molecule has 0 aromatic carbocycles. The van der Waals surface area contributed by atoms with Crippen LogP contribution in [0.4, 0.5) is 0 Å². The van der Waals surface area contributed by atoms with Crippen molar-refractivity contribution in [1.29, 1.82) is 0 Å². The highest BCUT2D eigenvalue weighted by Gasteiger charge is 2.23. The molecule has 0 radical (unpaired) electrons. The second-order valence-corrected chi connectivity index (χ2v) is 7.54. The predicted molar refractivity (Wildman–Crippen MR) is 81.6 cm³/mol. The van der Waals surface area contributed by atoms with Crippen LogP contribution in [-0.4, -0.2) is 38.3 Å². The van der Waals surface area contributed by atoms with Crippen LogP contribution in [0.3, 0.4) is 0 Å². The van der Waals surface area contributed by atoms with Gasteiger partial charge in [0.25, 0.3) is 0 Å². The normalized spacial score (nSPS) is 17.5. The summed E-state index contributed by atoms with van der Waals surface area (Å²) in [5, 5.41) is 3.30. The maximum atomic E-state index is 12.4. The summed E-state index contributed by atoms with van der Waals surface area (Å²) < 4.78 is 34.7. The van der Waals surface area contributed by atoms with E-state index in [-0.39, 0.29) is 6.04 Å². The van der Waals surface area contributed by atoms with Gasteiger partial charge >= 0.3 is 0 Å². The Kier molecular flexibility index (Phi) is 5.43. The lowest BCUT2D eigenvalue weighted by molar-refractivity contribution is 0.0832. The first kappa shape index (κ1) is 16.5. The fraction of sp³-hybridized carbons (Fsp3) is 0.714. The molecule has 6 nitrogen and oxygen atoms in total. The van der Waals surface area contributed by atoms with Crippen LogP contribution in [0, 0.1) is 0 Å². The van der Waals surface area contributed by atoms with E-state index >= 15 is 0 Å². The predicted octanol–water partition coefficient (Wildman–Crippen LogP) is 0.980. The van der Waals surface area contributed by atoms with Gasteiger partial charge in [0.15, 0.2) is 0 Å². The van der Waals surface area contributed by atoms with Crippen molar-refractivity contribution in [2.45, 2.75) is 50.2 Å². The number of ether oxygens (including phenoxy) is 1. The lowest BCUT2D eigenvalue weighted by atomic mass is 10.1. The van der Waals surface area contributed by atoms with E-state index in [2.05, 4.69) is 23.9 Å². The summed E-state index contributed by atoms with van der Waals surface area (Å²) in [6.45, 7) is 6.01. The lowest BCUT2D eigenvalue weighted by Crippen LogP contribution is -2.38. The average molecular weight is 315 g/mol. The van der Waals surface area contributed by atoms with Crippen molar-refractivity contribution < 1.29 is 13.2 Å². The zero-order valence-electron chi connectivity index (χ0n) is 12.9. The number of aromatic nitrogens is 1. The first-order chi connectivity index (χ1) is 9.88. The molecule has 7 heteroatoms. The minimum Gasteiger partial charge on any atom is -0.381 e. The third-order valence-electron chi connectivity index (χ3n) is 3.63. The Morgan fingerprint density at radius 2 is 2.05 bits per heavy atom. The Morgan fingerprint density at radius 3 is 2.67 bits per heavy atom. The monoisotopic (exact) mass is 315 g/mol. The van der Waals surface area contributed by atoms with E-state index in [0.29, 0.717) is 30.7 Å². The van der Waals surface area contributed by atoms with E-state index in [4.69, 9.17) is 4.74 Å². The summed E-state index contributed by atoms with van der Waals surface area (Å²) in [6, 6.07) is 2.07. The van der Waals surface area contributed by atoms with Gasteiger partial charge in [-0.05, 0) is 18.9 Å². The molecule has 0 saturated carbocycles. The van der Waals surface area contributed by atoms with Crippen molar-refractivity contribution in [3.8, 4) is 0 Å². The van der Waals surface area contributed by atoms with Gasteiger partial charge in [0.1, 0.15) is 0 Å². The fourth-order valence-corrected chi connectivity index (χ4v) is 3.71. The summed E-state index contributed by atoms with van der Waals surface area (Å²) in [6.07, 6.45) is 3.13. The standard InChI is InChI=1S/C14H25N3O3S/c1-11(2)15-9-13-8-14(10-17(13)3)21(18,19)16-12-4-6-20-7-5-12/h8,10-12,15-16H,4-7,9H2,1-3H3. The minimum atomic E-state index is -3.45. The average Bonchev–Trinajstić information content (AvgIpc) is 2.79. The first-order valence-electron chi connectivity index (χ1n) is 7.37. The quantitative estimate of drug-likeness (QED) is 0.821. The van der Waals surface area contributed by atoms with E-state index in [9.17, 15) is 8.42 Å². The molecule has 2 N–H and O–H groups in total. The van der Waals surface area contributed by atoms with Crippen LogP contribution >= 0.6 is 0 Å². The van der Waals surface area contributed by atoms with Crippen molar-refractivity contribution in [3.63, 3.8) is 0 Å². The van der Waals surface area contributed by atoms with Gasteiger partial charge in [-0.25, -0.2) is 13.1 Å². The topological polar surface area (TPSA) is 72.4 Å². The number of hydrogen-bond donors (Lipinski definition) is 2. The molecule has 1 aliphatic rings. The highest BCUT2D eigenvalue weighted by molar-refractivity contribution is 7.89. The van der Waals surface area contributed by atoms with Crippen LogP contribution in [0.15, 0.2) is 17.2 Å². The second-order valence-electron chi connectivity index (χ2n) is 5.82. The molecule has 21 heavy (non-hydrogen) atoms. The summed E-state index contributed by atoms with van der Waals surface area (Å²) in [5.74, 6) is 0. The Morgan fingerprint density at radius 1 is 1.38 bits per heavy atom. The number of hydrogen-bond acceptors (Lipinski definition) is 4. The Hall–Kier alpha value is -0.890.